The molecule has 0 radical (unpaired) electrons. The molecule has 0 aliphatic carbocycles. The zero-order valence-electron chi connectivity index (χ0n) is 15.3. The minimum Gasteiger partial charge on any atom is -0.371 e. The van der Waals surface area contributed by atoms with E-state index in [4.69, 9.17) is 0 Å². The highest BCUT2D eigenvalue weighted by atomic mass is 32.2. The highest BCUT2D eigenvalue weighted by molar-refractivity contribution is 7.91. The Morgan fingerprint density at radius 3 is 2.85 bits per heavy atom. The van der Waals surface area contributed by atoms with Crippen LogP contribution in [0.4, 0.5) is 10.8 Å². The molecule has 0 fully saturated rings. The maximum Gasteiger partial charge on any atom is 0.269 e. The highest BCUT2D eigenvalue weighted by Gasteiger charge is 2.22. The summed E-state index contributed by atoms with van der Waals surface area (Å²) >= 11 is 0.845. The summed E-state index contributed by atoms with van der Waals surface area (Å²) in [5.41, 5.74) is 2.57. The lowest BCUT2D eigenvalue weighted by molar-refractivity contribution is -0.118. The van der Waals surface area contributed by atoms with Crippen molar-refractivity contribution in [3.63, 3.8) is 0 Å². The van der Waals surface area contributed by atoms with Gasteiger partial charge in [0.25, 0.3) is 10.0 Å². The van der Waals surface area contributed by atoms with Crippen molar-refractivity contribution >= 4 is 38.1 Å². The van der Waals surface area contributed by atoms with Gasteiger partial charge in [-0.25, -0.2) is 13.1 Å². The monoisotopic (exact) mass is 409 g/mol. The summed E-state index contributed by atoms with van der Waals surface area (Å²) in [6.07, 6.45) is 1.71. The summed E-state index contributed by atoms with van der Waals surface area (Å²) in [4.78, 5) is 13.9. The topological polar surface area (TPSA) is 104 Å². The van der Waals surface area contributed by atoms with Gasteiger partial charge in [-0.1, -0.05) is 43.4 Å². The van der Waals surface area contributed by atoms with Crippen molar-refractivity contribution in [1.29, 1.82) is 0 Å². The number of para-hydroxylation sites is 1. The van der Waals surface area contributed by atoms with Crippen molar-refractivity contribution in [3.05, 3.63) is 29.8 Å². The molecule has 8 nitrogen and oxygen atoms in total. The summed E-state index contributed by atoms with van der Waals surface area (Å²) in [5.74, 6) is -0.447. The van der Waals surface area contributed by atoms with Crippen LogP contribution < -0.4 is 14.9 Å². The number of sulfonamides is 1. The fourth-order valence-electron chi connectivity index (χ4n) is 2.80. The number of amides is 1. The first-order valence-electron chi connectivity index (χ1n) is 8.84. The van der Waals surface area contributed by atoms with Gasteiger partial charge in [0.1, 0.15) is 0 Å². The Balaban J connectivity index is 1.49. The Morgan fingerprint density at radius 2 is 2.07 bits per heavy atom. The van der Waals surface area contributed by atoms with Gasteiger partial charge in [-0.2, -0.15) is 0 Å². The molecule has 1 aliphatic heterocycles. The molecule has 0 saturated heterocycles. The average Bonchev–Trinajstić information content (AvgIpc) is 3.26. The molecule has 2 N–H and O–H groups in total. The zero-order valence-corrected chi connectivity index (χ0v) is 16.9. The number of anilines is 2. The Kier molecular flexibility index (Phi) is 6.08. The lowest BCUT2D eigenvalue weighted by Crippen LogP contribution is -2.29. The predicted molar refractivity (Wildman–Crippen MR) is 106 cm³/mol. The van der Waals surface area contributed by atoms with E-state index in [1.807, 2.05) is 12.1 Å². The highest BCUT2D eigenvalue weighted by Crippen LogP contribution is 2.27. The van der Waals surface area contributed by atoms with Crippen LogP contribution >= 0.6 is 11.3 Å². The summed E-state index contributed by atoms with van der Waals surface area (Å²) in [6.45, 7) is 5.55. The van der Waals surface area contributed by atoms with Crippen LogP contribution in [0.5, 0.6) is 0 Å². The number of rotatable bonds is 8. The first kappa shape index (κ1) is 19.7. The third-order valence-corrected chi connectivity index (χ3v) is 6.94. The van der Waals surface area contributed by atoms with E-state index in [1.54, 1.807) is 13.8 Å². The molecule has 0 saturated carbocycles. The van der Waals surface area contributed by atoms with E-state index in [0.717, 1.165) is 30.8 Å². The van der Waals surface area contributed by atoms with Crippen LogP contribution in [-0.4, -0.2) is 44.2 Å². The number of benzene rings is 1. The van der Waals surface area contributed by atoms with Gasteiger partial charge < -0.3 is 10.2 Å². The SMILES string of the molecule is CC(C)C(=O)Nc1nnc(S(=O)(=O)NCCCN2CCc3ccccc32)s1. The number of hydrogen-bond acceptors (Lipinski definition) is 7. The summed E-state index contributed by atoms with van der Waals surface area (Å²) in [6, 6.07) is 8.28. The van der Waals surface area contributed by atoms with Crippen molar-refractivity contribution < 1.29 is 13.2 Å². The molecule has 10 heteroatoms. The normalized spacial score (nSPS) is 13.8. The molecule has 2 heterocycles. The van der Waals surface area contributed by atoms with Gasteiger partial charge in [0.2, 0.25) is 15.4 Å². The van der Waals surface area contributed by atoms with Crippen molar-refractivity contribution in [3.8, 4) is 0 Å². The van der Waals surface area contributed by atoms with E-state index in [9.17, 15) is 13.2 Å². The van der Waals surface area contributed by atoms with Gasteiger partial charge in [0.05, 0.1) is 0 Å². The van der Waals surface area contributed by atoms with Gasteiger partial charge in [-0.15, -0.1) is 10.2 Å². The van der Waals surface area contributed by atoms with Crippen LogP contribution in [0.15, 0.2) is 28.6 Å². The molecule has 1 aromatic carbocycles. The number of carbonyl (C=O) groups excluding carboxylic acids is 1. The summed E-state index contributed by atoms with van der Waals surface area (Å²) in [7, 11) is -3.73. The summed E-state index contributed by atoms with van der Waals surface area (Å²) < 4.78 is 27.1. The standard InChI is InChI=1S/C17H23N5O3S2/c1-12(2)15(23)19-16-20-21-17(26-16)27(24,25)18-9-5-10-22-11-8-13-6-3-4-7-14(13)22/h3-4,6-7,12,18H,5,8-11H2,1-2H3,(H,19,20,23). The molecule has 3 rings (SSSR count). The van der Waals surface area contributed by atoms with Gasteiger partial charge >= 0.3 is 0 Å². The molecule has 0 bridgehead atoms. The minimum atomic E-state index is -3.73. The molecule has 0 spiro atoms. The molecule has 2 aromatic rings. The van der Waals surface area contributed by atoms with E-state index in [2.05, 4.69) is 37.3 Å². The van der Waals surface area contributed by atoms with Crippen LogP contribution in [0.1, 0.15) is 25.8 Å². The number of hydrogen-bond donors (Lipinski definition) is 2. The van der Waals surface area contributed by atoms with E-state index in [0.29, 0.717) is 13.0 Å². The number of nitrogens with zero attached hydrogens (tertiary/aromatic N) is 3. The molecular formula is C17H23N5O3S2. The summed E-state index contributed by atoms with van der Waals surface area (Å²) in [5, 5.41) is 10.1. The molecule has 27 heavy (non-hydrogen) atoms. The second-order valence-corrected chi connectivity index (χ2v) is 9.55. The Hall–Kier alpha value is -2.04. The van der Waals surface area contributed by atoms with Crippen molar-refractivity contribution in [2.75, 3.05) is 29.9 Å². The Labute approximate surface area is 163 Å². The van der Waals surface area contributed by atoms with E-state index < -0.39 is 10.0 Å². The number of nitrogens with one attached hydrogen (secondary N) is 2. The third kappa shape index (κ3) is 4.82. The van der Waals surface area contributed by atoms with Crippen molar-refractivity contribution in [1.82, 2.24) is 14.9 Å². The fraction of sp³-hybridized carbons (Fsp3) is 0.471. The van der Waals surface area contributed by atoms with Crippen LogP contribution in [0.2, 0.25) is 0 Å². The van der Waals surface area contributed by atoms with Crippen LogP contribution in [-0.2, 0) is 21.2 Å². The van der Waals surface area contributed by atoms with Gasteiger partial charge in [0, 0.05) is 31.2 Å². The third-order valence-electron chi connectivity index (χ3n) is 4.27. The minimum absolute atomic E-state index is 0.145. The van der Waals surface area contributed by atoms with E-state index >= 15 is 0 Å². The van der Waals surface area contributed by atoms with Gasteiger partial charge in [-0.05, 0) is 24.5 Å². The maximum absolute atomic E-state index is 12.3. The van der Waals surface area contributed by atoms with Crippen LogP contribution in [0.3, 0.4) is 0 Å². The Bertz CT molecular complexity index is 911. The lowest BCUT2D eigenvalue weighted by Gasteiger charge is -2.19. The number of fused-ring (bicyclic) bond motifs is 1. The Morgan fingerprint density at radius 1 is 1.30 bits per heavy atom. The van der Waals surface area contributed by atoms with Crippen LogP contribution in [0, 0.1) is 5.92 Å². The fourth-order valence-corrected chi connectivity index (χ4v) is 4.81. The average molecular weight is 410 g/mol. The van der Waals surface area contributed by atoms with Gasteiger partial charge in [0.15, 0.2) is 0 Å². The number of carbonyl (C=O) groups is 1. The first-order chi connectivity index (χ1) is 12.9. The molecular weight excluding hydrogens is 386 g/mol. The molecule has 1 aromatic heterocycles. The van der Waals surface area contributed by atoms with Crippen molar-refractivity contribution in [2.24, 2.45) is 5.92 Å². The molecule has 0 unspecified atom stereocenters. The van der Waals surface area contributed by atoms with E-state index in [1.165, 1.54) is 11.3 Å². The quantitative estimate of drug-likeness (QED) is 0.509. The predicted octanol–water partition coefficient (Wildman–Crippen LogP) is 1.86. The molecule has 1 aliphatic rings. The molecule has 1 amide bonds. The van der Waals surface area contributed by atoms with Gasteiger partial charge in [-0.3, -0.25) is 4.79 Å². The van der Waals surface area contributed by atoms with Crippen molar-refractivity contribution in [2.45, 2.75) is 31.0 Å². The molecule has 146 valence electrons. The zero-order chi connectivity index (χ0) is 19.4. The number of aromatic nitrogens is 2. The molecule has 0 atom stereocenters. The largest absolute Gasteiger partial charge is 0.371 e. The first-order valence-corrected chi connectivity index (χ1v) is 11.1. The second-order valence-electron chi connectivity index (χ2n) is 6.63. The van der Waals surface area contributed by atoms with Crippen LogP contribution in [0.25, 0.3) is 0 Å². The maximum atomic E-state index is 12.3. The second kappa shape index (κ2) is 8.32. The van der Waals surface area contributed by atoms with E-state index in [-0.39, 0.29) is 21.3 Å². The smallest absolute Gasteiger partial charge is 0.269 e. The lowest BCUT2D eigenvalue weighted by atomic mass is 10.2.